The molecule has 0 bridgehead atoms. The van der Waals surface area contributed by atoms with Gasteiger partial charge in [0.2, 0.25) is 6.79 Å². The maximum absolute atomic E-state index is 12.2. The Balaban J connectivity index is 1.61. The molecule has 2 aliphatic heterocycles. The lowest BCUT2D eigenvalue weighted by Gasteiger charge is -2.32. The van der Waals surface area contributed by atoms with Crippen LogP contribution in [0, 0.1) is 0 Å². The maximum Gasteiger partial charge on any atom is 0.309 e. The number of fused-ring (bicyclic) bond motifs is 1. The number of hydrogen-bond acceptors (Lipinski definition) is 6. The molecule has 0 unspecified atom stereocenters. The van der Waals surface area contributed by atoms with Crippen molar-refractivity contribution >= 4 is 11.8 Å². The summed E-state index contributed by atoms with van der Waals surface area (Å²) in [5.41, 5.74) is 1.03. The minimum Gasteiger partial charge on any atom is -0.454 e. The normalized spacial score (nSPS) is 17.2. The van der Waals surface area contributed by atoms with E-state index in [1.807, 2.05) is 18.2 Å². The van der Waals surface area contributed by atoms with Crippen LogP contribution in [0.3, 0.4) is 0 Å². The third kappa shape index (κ3) is 5.34. The summed E-state index contributed by atoms with van der Waals surface area (Å²) in [6, 6.07) is 5.81. The second kappa shape index (κ2) is 10.3. The topological polar surface area (TPSA) is 99.6 Å². The molecule has 9 heteroatoms. The van der Waals surface area contributed by atoms with Crippen LogP contribution < -0.4 is 25.0 Å². The summed E-state index contributed by atoms with van der Waals surface area (Å²) in [4.78, 5) is 25.4. The number of hydrogen-bond donors (Lipinski definition) is 3. The number of carbonyl (C=O) groups is 2. The highest BCUT2D eigenvalue weighted by atomic mass is 16.7. The van der Waals surface area contributed by atoms with E-state index >= 15 is 0 Å². The predicted molar refractivity (Wildman–Crippen MR) is 99.3 cm³/mol. The van der Waals surface area contributed by atoms with Gasteiger partial charge in [-0.3, -0.25) is 9.59 Å². The zero-order chi connectivity index (χ0) is 19.8. The van der Waals surface area contributed by atoms with Gasteiger partial charge in [0, 0.05) is 25.8 Å². The highest BCUT2D eigenvalue weighted by molar-refractivity contribution is 6.35. The van der Waals surface area contributed by atoms with Gasteiger partial charge in [0.15, 0.2) is 11.5 Å². The Morgan fingerprint density at radius 1 is 1.14 bits per heavy atom. The average Bonchev–Trinajstić information content (AvgIpc) is 3.20. The fourth-order valence-electron chi connectivity index (χ4n) is 3.38. The van der Waals surface area contributed by atoms with Crippen molar-refractivity contribution < 1.29 is 33.4 Å². The third-order valence-corrected chi connectivity index (χ3v) is 4.91. The number of methoxy groups -OCH3 is 1. The van der Waals surface area contributed by atoms with Crippen molar-refractivity contribution in [1.29, 1.82) is 0 Å². The Morgan fingerprint density at radius 3 is 2.68 bits per heavy atom. The van der Waals surface area contributed by atoms with E-state index in [-0.39, 0.29) is 12.8 Å². The molecular formula is C19H28N3O6+. The summed E-state index contributed by atoms with van der Waals surface area (Å²) in [6.07, 6.45) is 0.660. The van der Waals surface area contributed by atoms with E-state index < -0.39 is 11.8 Å². The molecule has 1 aromatic rings. The number of amides is 2. The van der Waals surface area contributed by atoms with Crippen molar-refractivity contribution in [2.75, 3.05) is 59.9 Å². The zero-order valence-corrected chi connectivity index (χ0v) is 16.1. The number of benzene rings is 1. The first kappa shape index (κ1) is 20.4. The summed E-state index contributed by atoms with van der Waals surface area (Å²) < 4.78 is 21.3. The molecule has 9 nitrogen and oxygen atoms in total. The van der Waals surface area contributed by atoms with E-state index in [9.17, 15) is 9.59 Å². The van der Waals surface area contributed by atoms with Gasteiger partial charge in [-0.1, -0.05) is 0 Å². The van der Waals surface area contributed by atoms with Crippen molar-refractivity contribution in [3.8, 4) is 11.5 Å². The molecule has 1 atom stereocenters. The standard InChI is InChI=1S/C19H27N3O6/c1-25-8-2-5-20-18(23)19(24)21-12-15(22-6-9-26-10-7-22)14-3-4-16-17(11-14)28-13-27-16/h3-4,11,15H,2,5-10,12-13H2,1H3,(H,20,23)(H,21,24)/p+1/t15-/m1/s1. The molecule has 3 rings (SSSR count). The molecule has 0 spiro atoms. The minimum absolute atomic E-state index is 0.0105. The zero-order valence-electron chi connectivity index (χ0n) is 16.1. The molecule has 3 N–H and O–H groups in total. The van der Waals surface area contributed by atoms with Gasteiger partial charge in [0.05, 0.1) is 19.8 Å². The summed E-state index contributed by atoms with van der Waals surface area (Å²) in [5.74, 6) is 0.171. The Bertz CT molecular complexity index is 678. The van der Waals surface area contributed by atoms with E-state index in [0.717, 1.165) is 24.4 Å². The van der Waals surface area contributed by atoms with E-state index in [1.54, 1.807) is 7.11 Å². The predicted octanol–water partition coefficient (Wildman–Crippen LogP) is -1.36. The van der Waals surface area contributed by atoms with Gasteiger partial charge >= 0.3 is 11.8 Å². The molecule has 1 aromatic carbocycles. The molecule has 2 amide bonds. The molecule has 0 aromatic heterocycles. The Hall–Kier alpha value is -2.36. The Labute approximate surface area is 164 Å². The summed E-state index contributed by atoms with van der Waals surface area (Å²) in [6.45, 7) is 4.51. The fourth-order valence-corrected chi connectivity index (χ4v) is 3.38. The number of nitrogens with one attached hydrogen (secondary N) is 3. The molecule has 0 radical (unpaired) electrons. The van der Waals surface area contributed by atoms with Gasteiger partial charge in [-0.15, -0.1) is 0 Å². The van der Waals surface area contributed by atoms with Gasteiger partial charge in [0.25, 0.3) is 0 Å². The molecule has 2 heterocycles. The van der Waals surface area contributed by atoms with Crippen LogP contribution in [-0.4, -0.2) is 71.7 Å². The van der Waals surface area contributed by atoms with Crippen LogP contribution in [0.1, 0.15) is 18.0 Å². The van der Waals surface area contributed by atoms with Crippen LogP contribution in [0.4, 0.5) is 0 Å². The summed E-state index contributed by atoms with van der Waals surface area (Å²) >= 11 is 0. The lowest BCUT2D eigenvalue weighted by atomic mass is 10.0. The SMILES string of the molecule is COCCCNC(=O)C(=O)NC[C@H](c1ccc2c(c1)OCO2)[NH+]1CCOCC1. The van der Waals surface area contributed by atoms with Gasteiger partial charge in [-0.2, -0.15) is 0 Å². The van der Waals surface area contributed by atoms with Crippen LogP contribution in [0.2, 0.25) is 0 Å². The molecule has 1 fully saturated rings. The molecule has 28 heavy (non-hydrogen) atoms. The van der Waals surface area contributed by atoms with E-state index in [1.165, 1.54) is 4.90 Å². The first-order chi connectivity index (χ1) is 13.7. The van der Waals surface area contributed by atoms with E-state index in [2.05, 4.69) is 10.6 Å². The lowest BCUT2D eigenvalue weighted by Crippen LogP contribution is -3.15. The number of rotatable bonds is 8. The fraction of sp³-hybridized carbons (Fsp3) is 0.579. The maximum atomic E-state index is 12.2. The number of carbonyl (C=O) groups excluding carboxylic acids is 2. The highest BCUT2D eigenvalue weighted by Gasteiger charge is 2.29. The second-order valence-electron chi connectivity index (χ2n) is 6.75. The quantitative estimate of drug-likeness (QED) is 0.372. The monoisotopic (exact) mass is 394 g/mol. The van der Waals surface area contributed by atoms with Crippen LogP contribution in [0.5, 0.6) is 11.5 Å². The van der Waals surface area contributed by atoms with Crippen molar-refractivity contribution in [3.05, 3.63) is 23.8 Å². The van der Waals surface area contributed by atoms with Crippen molar-refractivity contribution in [3.63, 3.8) is 0 Å². The van der Waals surface area contributed by atoms with Crippen LogP contribution >= 0.6 is 0 Å². The Morgan fingerprint density at radius 2 is 1.89 bits per heavy atom. The van der Waals surface area contributed by atoms with Crippen LogP contribution in [0.15, 0.2) is 18.2 Å². The average molecular weight is 394 g/mol. The third-order valence-electron chi connectivity index (χ3n) is 4.91. The molecule has 1 saturated heterocycles. The van der Waals surface area contributed by atoms with Crippen molar-refractivity contribution in [1.82, 2.24) is 10.6 Å². The molecule has 0 saturated carbocycles. The first-order valence-corrected chi connectivity index (χ1v) is 9.56. The minimum atomic E-state index is -0.629. The first-order valence-electron chi connectivity index (χ1n) is 9.56. The molecule has 154 valence electrons. The van der Waals surface area contributed by atoms with Gasteiger partial charge < -0.3 is 34.5 Å². The number of ether oxygens (including phenoxy) is 4. The van der Waals surface area contributed by atoms with Crippen LogP contribution in [0.25, 0.3) is 0 Å². The summed E-state index contributed by atoms with van der Waals surface area (Å²) in [7, 11) is 1.60. The van der Waals surface area contributed by atoms with E-state index in [0.29, 0.717) is 45.1 Å². The summed E-state index contributed by atoms with van der Waals surface area (Å²) in [5, 5.41) is 5.37. The van der Waals surface area contributed by atoms with Gasteiger partial charge in [0.1, 0.15) is 19.1 Å². The molecule has 0 aliphatic carbocycles. The van der Waals surface area contributed by atoms with Crippen molar-refractivity contribution in [2.45, 2.75) is 12.5 Å². The Kier molecular flexibility index (Phi) is 7.46. The largest absolute Gasteiger partial charge is 0.454 e. The molecule has 2 aliphatic rings. The highest BCUT2D eigenvalue weighted by Crippen LogP contribution is 2.33. The van der Waals surface area contributed by atoms with Crippen molar-refractivity contribution in [2.24, 2.45) is 0 Å². The second-order valence-corrected chi connectivity index (χ2v) is 6.75. The molecular weight excluding hydrogens is 366 g/mol. The van der Waals surface area contributed by atoms with Crippen LogP contribution in [-0.2, 0) is 19.1 Å². The smallest absolute Gasteiger partial charge is 0.309 e. The number of morpholine rings is 1. The van der Waals surface area contributed by atoms with Gasteiger partial charge in [-0.25, -0.2) is 0 Å². The van der Waals surface area contributed by atoms with E-state index in [4.69, 9.17) is 18.9 Å². The van der Waals surface area contributed by atoms with Gasteiger partial charge in [-0.05, 0) is 24.6 Å². The number of quaternary nitrogens is 1. The lowest BCUT2D eigenvalue weighted by molar-refractivity contribution is -0.937.